The van der Waals surface area contributed by atoms with Crippen LogP contribution in [0.25, 0.3) is 0 Å². The second kappa shape index (κ2) is 6.79. The Morgan fingerprint density at radius 2 is 1.95 bits per heavy atom. The van der Waals surface area contributed by atoms with E-state index in [-0.39, 0.29) is 11.6 Å². The molecule has 0 radical (unpaired) electrons. The monoisotopic (exact) mass is 308 g/mol. The van der Waals surface area contributed by atoms with Gasteiger partial charge in [-0.3, -0.25) is 19.3 Å². The number of carboxylic acids is 1. The lowest BCUT2D eigenvalue weighted by atomic mass is 10.1. The molecule has 1 atom stereocenters. The summed E-state index contributed by atoms with van der Waals surface area (Å²) in [5, 5.41) is 13.7. The molecule has 2 rings (SSSR count). The zero-order valence-electron chi connectivity index (χ0n) is 14.1. The Balaban J connectivity index is 1.87. The highest BCUT2D eigenvalue weighted by Crippen LogP contribution is 2.16. The smallest absolute Gasteiger partial charge is 0.320 e. The summed E-state index contributed by atoms with van der Waals surface area (Å²) in [6.45, 7) is 12.7. The number of carboxylic acid groups (broad SMARTS) is 1. The van der Waals surface area contributed by atoms with Gasteiger partial charge in [-0.05, 0) is 27.2 Å². The summed E-state index contributed by atoms with van der Waals surface area (Å²) in [5.41, 5.74) is 1.22. The molecule has 1 aliphatic rings. The molecule has 22 heavy (non-hydrogen) atoms. The fraction of sp³-hybridized carbons (Fsp3) is 0.750. The van der Waals surface area contributed by atoms with Crippen molar-refractivity contribution in [1.29, 1.82) is 0 Å². The van der Waals surface area contributed by atoms with Gasteiger partial charge < -0.3 is 5.11 Å². The molecular formula is C16H28N4O2. The zero-order valence-corrected chi connectivity index (χ0v) is 14.1. The van der Waals surface area contributed by atoms with Gasteiger partial charge in [-0.25, -0.2) is 0 Å². The van der Waals surface area contributed by atoms with Gasteiger partial charge in [0.15, 0.2) is 0 Å². The molecule has 2 heterocycles. The molecule has 1 saturated heterocycles. The number of rotatable bonds is 5. The van der Waals surface area contributed by atoms with Crippen molar-refractivity contribution >= 4 is 5.97 Å². The van der Waals surface area contributed by atoms with Gasteiger partial charge in [-0.15, -0.1) is 0 Å². The van der Waals surface area contributed by atoms with Crippen LogP contribution in [0.5, 0.6) is 0 Å². The summed E-state index contributed by atoms with van der Waals surface area (Å²) < 4.78 is 2.00. The molecule has 1 fully saturated rings. The van der Waals surface area contributed by atoms with Crippen molar-refractivity contribution < 1.29 is 9.90 Å². The van der Waals surface area contributed by atoms with Gasteiger partial charge in [0, 0.05) is 44.5 Å². The quantitative estimate of drug-likeness (QED) is 0.895. The van der Waals surface area contributed by atoms with Crippen molar-refractivity contribution in [3.8, 4) is 0 Å². The van der Waals surface area contributed by atoms with Crippen LogP contribution in [0.1, 0.15) is 39.7 Å². The van der Waals surface area contributed by atoms with Gasteiger partial charge >= 0.3 is 5.97 Å². The average molecular weight is 308 g/mol. The van der Waals surface area contributed by atoms with E-state index in [1.807, 2.05) is 17.8 Å². The Labute approximate surface area is 132 Å². The first-order valence-corrected chi connectivity index (χ1v) is 8.04. The Kier molecular flexibility index (Phi) is 5.24. The number of aliphatic carboxylic acids is 1. The summed E-state index contributed by atoms with van der Waals surface area (Å²) in [7, 11) is 0. The largest absolute Gasteiger partial charge is 0.480 e. The topological polar surface area (TPSA) is 61.6 Å². The van der Waals surface area contributed by atoms with E-state index in [0.29, 0.717) is 6.42 Å². The van der Waals surface area contributed by atoms with E-state index < -0.39 is 5.97 Å². The molecule has 124 valence electrons. The zero-order chi connectivity index (χ0) is 16.3. The van der Waals surface area contributed by atoms with Crippen molar-refractivity contribution in [1.82, 2.24) is 19.6 Å². The van der Waals surface area contributed by atoms with E-state index >= 15 is 0 Å². The van der Waals surface area contributed by atoms with Crippen LogP contribution < -0.4 is 0 Å². The van der Waals surface area contributed by atoms with Crippen LogP contribution in [0.2, 0.25) is 0 Å². The van der Waals surface area contributed by atoms with Gasteiger partial charge in [-0.2, -0.15) is 5.10 Å². The third-order valence-electron chi connectivity index (χ3n) is 4.25. The van der Waals surface area contributed by atoms with Crippen molar-refractivity contribution in [2.75, 3.05) is 26.2 Å². The molecule has 0 spiro atoms. The van der Waals surface area contributed by atoms with E-state index in [2.05, 4.69) is 41.9 Å². The molecule has 1 N–H and O–H groups in total. The lowest BCUT2D eigenvalue weighted by molar-refractivity contribution is -0.144. The minimum atomic E-state index is -0.706. The average Bonchev–Trinajstić information content (AvgIpc) is 2.89. The Hall–Kier alpha value is -1.40. The molecule has 1 aromatic heterocycles. The highest BCUT2D eigenvalue weighted by atomic mass is 16.4. The number of hydrogen-bond acceptors (Lipinski definition) is 4. The van der Waals surface area contributed by atoms with E-state index in [9.17, 15) is 9.90 Å². The number of aromatic nitrogens is 2. The molecule has 0 aromatic carbocycles. The highest BCUT2D eigenvalue weighted by molar-refractivity contribution is 5.73. The second-order valence-electron chi connectivity index (χ2n) is 7.04. The van der Waals surface area contributed by atoms with Gasteiger partial charge in [0.05, 0.1) is 11.7 Å². The maximum Gasteiger partial charge on any atom is 0.320 e. The van der Waals surface area contributed by atoms with Gasteiger partial charge in [0.2, 0.25) is 0 Å². The molecule has 0 bridgehead atoms. The first-order valence-electron chi connectivity index (χ1n) is 8.04. The van der Waals surface area contributed by atoms with E-state index in [1.165, 1.54) is 5.56 Å². The fourth-order valence-electron chi connectivity index (χ4n) is 2.89. The van der Waals surface area contributed by atoms with Gasteiger partial charge in [0.25, 0.3) is 0 Å². The summed E-state index contributed by atoms with van der Waals surface area (Å²) in [5.74, 6) is -0.706. The van der Waals surface area contributed by atoms with Crippen LogP contribution in [0.4, 0.5) is 0 Å². The SMILES string of the molecule is CC[C@@H](C(=O)O)N1CCN(Cc2cnn(C(C)(C)C)c2)CC1. The number of carbonyl (C=O) groups is 1. The third kappa shape index (κ3) is 4.08. The minimum absolute atomic E-state index is 0.00673. The van der Waals surface area contributed by atoms with Crippen LogP contribution in [-0.4, -0.2) is 62.9 Å². The summed E-state index contributed by atoms with van der Waals surface area (Å²) in [6, 6.07) is -0.342. The predicted octanol–water partition coefficient (Wildman–Crippen LogP) is 1.62. The van der Waals surface area contributed by atoms with E-state index in [4.69, 9.17) is 0 Å². The van der Waals surface area contributed by atoms with Crippen LogP contribution in [0.15, 0.2) is 12.4 Å². The molecule has 0 amide bonds. The first kappa shape index (κ1) is 17.0. The molecule has 1 aliphatic heterocycles. The van der Waals surface area contributed by atoms with Crippen LogP contribution in [-0.2, 0) is 16.9 Å². The normalized spacial score (nSPS) is 19.3. The molecule has 1 aromatic rings. The fourth-order valence-corrected chi connectivity index (χ4v) is 2.89. The standard InChI is InChI=1S/C16H28N4O2/c1-5-14(15(21)22)19-8-6-18(7-9-19)11-13-10-17-20(12-13)16(2,3)4/h10,12,14H,5-9,11H2,1-4H3,(H,21,22)/t14-/m0/s1. The van der Waals surface area contributed by atoms with Gasteiger partial charge in [-0.1, -0.05) is 6.92 Å². The summed E-state index contributed by atoms with van der Waals surface area (Å²) in [4.78, 5) is 15.7. The summed E-state index contributed by atoms with van der Waals surface area (Å²) in [6.07, 6.45) is 4.70. The lowest BCUT2D eigenvalue weighted by Gasteiger charge is -2.37. The number of hydrogen-bond donors (Lipinski definition) is 1. The maximum absolute atomic E-state index is 11.2. The maximum atomic E-state index is 11.2. The van der Waals surface area contributed by atoms with Crippen LogP contribution in [0, 0.1) is 0 Å². The molecular weight excluding hydrogens is 280 g/mol. The molecule has 0 saturated carbocycles. The molecule has 0 aliphatic carbocycles. The minimum Gasteiger partial charge on any atom is -0.480 e. The Bertz CT molecular complexity index is 498. The number of piperazine rings is 1. The van der Waals surface area contributed by atoms with Gasteiger partial charge in [0.1, 0.15) is 6.04 Å². The third-order valence-corrected chi connectivity index (χ3v) is 4.25. The first-order chi connectivity index (χ1) is 10.3. The number of nitrogens with zero attached hydrogens (tertiary/aromatic N) is 4. The van der Waals surface area contributed by atoms with Crippen molar-refractivity contribution in [2.45, 2.75) is 52.2 Å². The van der Waals surface area contributed by atoms with Crippen molar-refractivity contribution in [2.24, 2.45) is 0 Å². The van der Waals surface area contributed by atoms with E-state index in [0.717, 1.165) is 32.7 Å². The second-order valence-corrected chi connectivity index (χ2v) is 7.04. The van der Waals surface area contributed by atoms with Crippen molar-refractivity contribution in [3.05, 3.63) is 18.0 Å². The Morgan fingerprint density at radius 1 is 1.32 bits per heavy atom. The van der Waals surface area contributed by atoms with Crippen LogP contribution in [0.3, 0.4) is 0 Å². The summed E-state index contributed by atoms with van der Waals surface area (Å²) >= 11 is 0. The lowest BCUT2D eigenvalue weighted by Crippen LogP contribution is -2.52. The Morgan fingerprint density at radius 3 is 2.41 bits per heavy atom. The predicted molar refractivity (Wildman–Crippen MR) is 85.8 cm³/mol. The van der Waals surface area contributed by atoms with Crippen LogP contribution >= 0.6 is 0 Å². The highest BCUT2D eigenvalue weighted by Gasteiger charge is 2.27. The van der Waals surface area contributed by atoms with E-state index in [1.54, 1.807) is 0 Å². The molecule has 6 heteroatoms. The molecule has 0 unspecified atom stereocenters. The molecule has 6 nitrogen and oxygen atoms in total. The van der Waals surface area contributed by atoms with Crippen molar-refractivity contribution in [3.63, 3.8) is 0 Å².